The van der Waals surface area contributed by atoms with Crippen LogP contribution in [0.2, 0.25) is 0 Å². The lowest BCUT2D eigenvalue weighted by Gasteiger charge is -2.27. The van der Waals surface area contributed by atoms with Crippen LogP contribution in [-0.4, -0.2) is 17.1 Å². The standard InChI is InChI=1S/C14H21NO2S/c1-9-3-5-12(6-4-9)15-8-11-7-13(14(16)17)18-10(11)2/h7,9,12,15H,3-6,8H2,1-2H3,(H,16,17). The molecule has 1 heterocycles. The maximum absolute atomic E-state index is 10.9. The summed E-state index contributed by atoms with van der Waals surface area (Å²) in [5.41, 5.74) is 1.14. The quantitative estimate of drug-likeness (QED) is 0.878. The molecule has 0 spiro atoms. The van der Waals surface area contributed by atoms with Crippen molar-refractivity contribution in [3.8, 4) is 0 Å². The van der Waals surface area contributed by atoms with Crippen molar-refractivity contribution in [1.29, 1.82) is 0 Å². The number of hydrogen-bond donors (Lipinski definition) is 2. The van der Waals surface area contributed by atoms with Gasteiger partial charge in [-0.3, -0.25) is 0 Å². The highest BCUT2D eigenvalue weighted by atomic mass is 32.1. The molecule has 0 bridgehead atoms. The zero-order chi connectivity index (χ0) is 13.1. The van der Waals surface area contributed by atoms with Gasteiger partial charge in [-0.25, -0.2) is 4.79 Å². The van der Waals surface area contributed by atoms with Gasteiger partial charge in [0.25, 0.3) is 0 Å². The van der Waals surface area contributed by atoms with Crippen LogP contribution in [0.4, 0.5) is 0 Å². The molecule has 0 aromatic carbocycles. The maximum Gasteiger partial charge on any atom is 0.345 e. The predicted molar refractivity (Wildman–Crippen MR) is 74.3 cm³/mol. The van der Waals surface area contributed by atoms with Gasteiger partial charge in [-0.2, -0.15) is 0 Å². The molecule has 1 aliphatic carbocycles. The molecule has 1 aliphatic rings. The van der Waals surface area contributed by atoms with Crippen molar-refractivity contribution in [2.24, 2.45) is 5.92 Å². The first-order valence-electron chi connectivity index (χ1n) is 6.62. The fourth-order valence-electron chi connectivity index (χ4n) is 2.52. The van der Waals surface area contributed by atoms with Crippen molar-refractivity contribution < 1.29 is 9.90 Å². The Balaban J connectivity index is 1.88. The summed E-state index contributed by atoms with van der Waals surface area (Å²) in [6.45, 7) is 5.12. The molecule has 0 aliphatic heterocycles. The van der Waals surface area contributed by atoms with Crippen LogP contribution in [0.15, 0.2) is 6.07 Å². The lowest BCUT2D eigenvalue weighted by molar-refractivity contribution is 0.0702. The predicted octanol–water partition coefficient (Wildman–Crippen LogP) is 3.42. The number of nitrogens with one attached hydrogen (secondary N) is 1. The highest BCUT2D eigenvalue weighted by molar-refractivity contribution is 7.14. The van der Waals surface area contributed by atoms with E-state index in [4.69, 9.17) is 5.11 Å². The van der Waals surface area contributed by atoms with Crippen LogP contribution in [0.5, 0.6) is 0 Å². The number of thiophene rings is 1. The van der Waals surface area contributed by atoms with Gasteiger partial charge in [0.05, 0.1) is 0 Å². The molecule has 0 amide bonds. The Bertz CT molecular complexity index is 419. The second-order valence-corrected chi connectivity index (χ2v) is 6.59. The van der Waals surface area contributed by atoms with E-state index in [9.17, 15) is 4.79 Å². The van der Waals surface area contributed by atoms with E-state index in [0.29, 0.717) is 10.9 Å². The molecule has 100 valence electrons. The lowest BCUT2D eigenvalue weighted by atomic mass is 9.87. The monoisotopic (exact) mass is 267 g/mol. The maximum atomic E-state index is 10.9. The van der Waals surface area contributed by atoms with Crippen molar-refractivity contribution in [3.63, 3.8) is 0 Å². The molecule has 1 fully saturated rings. The molecule has 2 N–H and O–H groups in total. The summed E-state index contributed by atoms with van der Waals surface area (Å²) in [7, 11) is 0. The normalized spacial score (nSPS) is 24.1. The van der Waals surface area contributed by atoms with E-state index in [0.717, 1.165) is 22.9 Å². The molecule has 2 rings (SSSR count). The van der Waals surface area contributed by atoms with Gasteiger partial charge in [-0.05, 0) is 50.2 Å². The van der Waals surface area contributed by atoms with Gasteiger partial charge in [0.2, 0.25) is 0 Å². The molecular formula is C14H21NO2S. The second-order valence-electron chi connectivity index (χ2n) is 5.33. The van der Waals surface area contributed by atoms with Crippen LogP contribution < -0.4 is 5.32 Å². The van der Waals surface area contributed by atoms with Crippen LogP contribution in [0.3, 0.4) is 0 Å². The highest BCUT2D eigenvalue weighted by Crippen LogP contribution is 2.25. The number of rotatable bonds is 4. The molecule has 4 heteroatoms. The van der Waals surface area contributed by atoms with E-state index >= 15 is 0 Å². The lowest BCUT2D eigenvalue weighted by Crippen LogP contribution is -2.32. The van der Waals surface area contributed by atoms with Crippen molar-refractivity contribution >= 4 is 17.3 Å². The van der Waals surface area contributed by atoms with Gasteiger partial charge in [0, 0.05) is 17.5 Å². The summed E-state index contributed by atoms with van der Waals surface area (Å²) in [6, 6.07) is 2.41. The summed E-state index contributed by atoms with van der Waals surface area (Å²) in [4.78, 5) is 12.5. The smallest absolute Gasteiger partial charge is 0.345 e. The topological polar surface area (TPSA) is 49.3 Å². The Kier molecular flexibility index (Phi) is 4.40. The Morgan fingerprint density at radius 3 is 2.67 bits per heavy atom. The van der Waals surface area contributed by atoms with Gasteiger partial charge in [-0.1, -0.05) is 6.92 Å². The van der Waals surface area contributed by atoms with Gasteiger partial charge in [0.15, 0.2) is 0 Å². The summed E-state index contributed by atoms with van der Waals surface area (Å²) >= 11 is 1.37. The average molecular weight is 267 g/mol. The molecule has 0 unspecified atom stereocenters. The molecule has 0 radical (unpaired) electrons. The Morgan fingerprint density at radius 2 is 2.11 bits per heavy atom. The molecule has 1 aromatic heterocycles. The SMILES string of the molecule is Cc1sc(C(=O)O)cc1CNC1CCC(C)CC1. The summed E-state index contributed by atoms with van der Waals surface area (Å²) < 4.78 is 0. The van der Waals surface area contributed by atoms with Crippen molar-refractivity contribution in [2.45, 2.75) is 52.1 Å². The van der Waals surface area contributed by atoms with Gasteiger partial charge >= 0.3 is 5.97 Å². The number of hydrogen-bond acceptors (Lipinski definition) is 3. The molecule has 18 heavy (non-hydrogen) atoms. The van der Waals surface area contributed by atoms with Gasteiger partial charge in [0.1, 0.15) is 4.88 Å². The molecule has 0 atom stereocenters. The summed E-state index contributed by atoms with van der Waals surface area (Å²) in [5, 5.41) is 12.5. The van der Waals surface area contributed by atoms with Crippen LogP contribution in [0, 0.1) is 12.8 Å². The van der Waals surface area contributed by atoms with Crippen molar-refractivity contribution in [2.75, 3.05) is 0 Å². The van der Waals surface area contributed by atoms with E-state index in [1.807, 2.05) is 6.92 Å². The van der Waals surface area contributed by atoms with E-state index < -0.39 is 5.97 Å². The first-order chi connectivity index (χ1) is 8.56. The van der Waals surface area contributed by atoms with E-state index in [2.05, 4.69) is 12.2 Å². The summed E-state index contributed by atoms with van der Waals surface area (Å²) in [5.74, 6) is 0.0467. The van der Waals surface area contributed by atoms with Gasteiger partial charge < -0.3 is 10.4 Å². The van der Waals surface area contributed by atoms with E-state index in [1.165, 1.54) is 37.0 Å². The number of aromatic carboxylic acids is 1. The third-order valence-electron chi connectivity index (χ3n) is 3.83. The van der Waals surface area contributed by atoms with Crippen LogP contribution in [0.1, 0.15) is 52.7 Å². The Labute approximate surface area is 112 Å². The van der Waals surface area contributed by atoms with E-state index in [-0.39, 0.29) is 0 Å². The summed E-state index contributed by atoms with van der Waals surface area (Å²) in [6.07, 6.45) is 5.10. The zero-order valence-electron chi connectivity index (χ0n) is 11.0. The Morgan fingerprint density at radius 1 is 1.44 bits per heavy atom. The second kappa shape index (κ2) is 5.85. The van der Waals surface area contributed by atoms with Crippen LogP contribution in [0.25, 0.3) is 0 Å². The van der Waals surface area contributed by atoms with Gasteiger partial charge in [-0.15, -0.1) is 11.3 Å². The number of carboxylic acids is 1. The minimum atomic E-state index is -0.819. The molecule has 0 saturated heterocycles. The number of carbonyl (C=O) groups is 1. The minimum Gasteiger partial charge on any atom is -0.477 e. The minimum absolute atomic E-state index is 0.446. The first-order valence-corrected chi connectivity index (χ1v) is 7.44. The van der Waals surface area contributed by atoms with E-state index in [1.54, 1.807) is 6.07 Å². The fraction of sp³-hybridized carbons (Fsp3) is 0.643. The average Bonchev–Trinajstić information content (AvgIpc) is 2.70. The third kappa shape index (κ3) is 3.33. The molecule has 1 aromatic rings. The first kappa shape index (κ1) is 13.6. The van der Waals surface area contributed by atoms with Crippen molar-refractivity contribution in [1.82, 2.24) is 5.32 Å². The van der Waals surface area contributed by atoms with Crippen LogP contribution in [-0.2, 0) is 6.54 Å². The third-order valence-corrected chi connectivity index (χ3v) is 4.91. The molecular weight excluding hydrogens is 246 g/mol. The Hall–Kier alpha value is -0.870. The largest absolute Gasteiger partial charge is 0.477 e. The molecule has 3 nitrogen and oxygen atoms in total. The fourth-order valence-corrected chi connectivity index (χ4v) is 3.40. The number of carboxylic acid groups (broad SMARTS) is 1. The highest BCUT2D eigenvalue weighted by Gasteiger charge is 2.18. The zero-order valence-corrected chi connectivity index (χ0v) is 11.8. The number of aryl methyl sites for hydroxylation is 1. The van der Waals surface area contributed by atoms with Crippen molar-refractivity contribution in [3.05, 3.63) is 21.4 Å². The molecule has 1 saturated carbocycles. The van der Waals surface area contributed by atoms with Crippen LogP contribution >= 0.6 is 11.3 Å².